The average molecular weight is 234 g/mol. The Morgan fingerprint density at radius 1 is 1.35 bits per heavy atom. The lowest BCUT2D eigenvalue weighted by molar-refractivity contribution is 0.276. The van der Waals surface area contributed by atoms with Crippen molar-refractivity contribution >= 4 is 0 Å². The molecule has 0 radical (unpaired) electrons. The van der Waals surface area contributed by atoms with Crippen LogP contribution in [0.2, 0.25) is 0 Å². The summed E-state index contributed by atoms with van der Waals surface area (Å²) in [7, 11) is 0. The number of aromatic nitrogens is 2. The number of aliphatic hydroxyl groups excluding tert-OH is 1. The Morgan fingerprint density at radius 3 is 2.65 bits per heavy atom. The first-order chi connectivity index (χ1) is 8.13. The van der Waals surface area contributed by atoms with Crippen molar-refractivity contribution in [1.29, 1.82) is 0 Å². The van der Waals surface area contributed by atoms with Crippen LogP contribution in [-0.2, 0) is 6.61 Å². The molecule has 0 saturated carbocycles. The van der Waals surface area contributed by atoms with Crippen molar-refractivity contribution in [2.45, 2.75) is 26.4 Å². The van der Waals surface area contributed by atoms with Crippen LogP contribution in [0.5, 0.6) is 0 Å². The third kappa shape index (κ3) is 2.22. The van der Waals surface area contributed by atoms with Gasteiger partial charge in [0.05, 0.1) is 12.3 Å². The molecule has 1 heterocycles. The highest BCUT2D eigenvalue weighted by Crippen LogP contribution is 2.22. The summed E-state index contributed by atoms with van der Waals surface area (Å²) in [4.78, 5) is 0. The highest BCUT2D eigenvalue weighted by atomic mass is 19.1. The number of benzene rings is 1. The van der Waals surface area contributed by atoms with Gasteiger partial charge in [0.15, 0.2) is 0 Å². The highest BCUT2D eigenvalue weighted by molar-refractivity contribution is 5.35. The lowest BCUT2D eigenvalue weighted by atomic mass is 10.1. The van der Waals surface area contributed by atoms with E-state index in [1.165, 1.54) is 6.07 Å². The zero-order valence-corrected chi connectivity index (χ0v) is 9.89. The first kappa shape index (κ1) is 11.8. The van der Waals surface area contributed by atoms with E-state index in [0.29, 0.717) is 11.4 Å². The fourth-order valence-electron chi connectivity index (χ4n) is 1.75. The van der Waals surface area contributed by atoms with Gasteiger partial charge in [-0.05, 0) is 24.1 Å². The van der Waals surface area contributed by atoms with E-state index in [1.807, 2.05) is 13.8 Å². The molecule has 3 nitrogen and oxygen atoms in total. The van der Waals surface area contributed by atoms with Crippen LogP contribution in [0.1, 0.15) is 31.2 Å². The SMILES string of the molecule is CC(C)c1cc(CO)nn1-c1ccccc1F. The predicted molar refractivity (Wildman–Crippen MR) is 63.5 cm³/mol. The van der Waals surface area contributed by atoms with Crippen LogP contribution < -0.4 is 0 Å². The largest absolute Gasteiger partial charge is 0.390 e. The van der Waals surface area contributed by atoms with Crippen LogP contribution >= 0.6 is 0 Å². The molecule has 4 heteroatoms. The molecule has 2 aromatic rings. The quantitative estimate of drug-likeness (QED) is 0.886. The summed E-state index contributed by atoms with van der Waals surface area (Å²) in [5.41, 5.74) is 1.85. The summed E-state index contributed by atoms with van der Waals surface area (Å²) in [6, 6.07) is 8.29. The average Bonchev–Trinajstić information content (AvgIpc) is 2.73. The van der Waals surface area contributed by atoms with Crippen molar-refractivity contribution in [3.05, 3.63) is 47.5 Å². The summed E-state index contributed by atoms with van der Waals surface area (Å²) < 4.78 is 15.3. The minimum atomic E-state index is -0.318. The Labute approximate surface area is 99.5 Å². The Morgan fingerprint density at radius 2 is 2.06 bits per heavy atom. The van der Waals surface area contributed by atoms with E-state index in [4.69, 9.17) is 5.11 Å². The van der Waals surface area contributed by atoms with Crippen LogP contribution in [0.4, 0.5) is 4.39 Å². The second-order valence-corrected chi connectivity index (χ2v) is 4.24. The molecule has 0 unspecified atom stereocenters. The number of halogens is 1. The molecule has 90 valence electrons. The van der Waals surface area contributed by atoms with Crippen LogP contribution in [-0.4, -0.2) is 14.9 Å². The first-order valence-electron chi connectivity index (χ1n) is 5.58. The Bertz CT molecular complexity index is 520. The van der Waals surface area contributed by atoms with Gasteiger partial charge in [-0.3, -0.25) is 0 Å². The van der Waals surface area contributed by atoms with E-state index in [0.717, 1.165) is 5.69 Å². The van der Waals surface area contributed by atoms with Crippen LogP contribution in [0, 0.1) is 5.82 Å². The normalized spacial score (nSPS) is 11.1. The van der Waals surface area contributed by atoms with Gasteiger partial charge in [-0.25, -0.2) is 9.07 Å². The predicted octanol–water partition coefficient (Wildman–Crippen LogP) is 2.63. The molecule has 0 spiro atoms. The van der Waals surface area contributed by atoms with Crippen molar-refractivity contribution in [2.24, 2.45) is 0 Å². The zero-order chi connectivity index (χ0) is 12.4. The first-order valence-corrected chi connectivity index (χ1v) is 5.58. The van der Waals surface area contributed by atoms with Gasteiger partial charge in [0.25, 0.3) is 0 Å². The summed E-state index contributed by atoms with van der Waals surface area (Å²) in [6.07, 6.45) is 0. The standard InChI is InChI=1S/C13H15FN2O/c1-9(2)13-7-10(8-17)15-16(13)12-6-4-3-5-11(12)14/h3-7,9,17H,8H2,1-2H3. The van der Waals surface area contributed by atoms with Crippen LogP contribution in [0.25, 0.3) is 5.69 Å². The maximum Gasteiger partial charge on any atom is 0.148 e. The lowest BCUT2D eigenvalue weighted by Crippen LogP contribution is -2.05. The molecule has 0 aliphatic carbocycles. The van der Waals surface area contributed by atoms with Crippen molar-refractivity contribution in [3.63, 3.8) is 0 Å². The van der Waals surface area contributed by atoms with Crippen molar-refractivity contribution < 1.29 is 9.50 Å². The molecule has 0 bridgehead atoms. The van der Waals surface area contributed by atoms with E-state index in [1.54, 1.807) is 28.9 Å². The number of rotatable bonds is 3. The van der Waals surface area contributed by atoms with Gasteiger partial charge in [0, 0.05) is 5.69 Å². The molecular weight excluding hydrogens is 219 g/mol. The Kier molecular flexibility index (Phi) is 3.24. The number of aliphatic hydroxyl groups is 1. The minimum absolute atomic E-state index is 0.138. The molecule has 0 amide bonds. The van der Waals surface area contributed by atoms with E-state index in [2.05, 4.69) is 5.10 Å². The van der Waals surface area contributed by atoms with Crippen LogP contribution in [0.3, 0.4) is 0 Å². The van der Waals surface area contributed by atoms with Gasteiger partial charge in [0.2, 0.25) is 0 Å². The van der Waals surface area contributed by atoms with Crippen molar-refractivity contribution in [3.8, 4) is 5.69 Å². The number of hydrogen-bond donors (Lipinski definition) is 1. The second kappa shape index (κ2) is 4.67. The monoisotopic (exact) mass is 234 g/mol. The molecule has 2 rings (SSSR count). The smallest absolute Gasteiger partial charge is 0.148 e. The molecule has 0 saturated heterocycles. The fraction of sp³-hybridized carbons (Fsp3) is 0.308. The molecule has 0 aliphatic heterocycles. The molecule has 1 aromatic carbocycles. The summed E-state index contributed by atoms with van der Waals surface area (Å²) >= 11 is 0. The fourth-order valence-corrected chi connectivity index (χ4v) is 1.75. The second-order valence-electron chi connectivity index (χ2n) is 4.24. The molecule has 0 fully saturated rings. The number of nitrogens with zero attached hydrogens (tertiary/aromatic N) is 2. The van der Waals surface area contributed by atoms with Gasteiger partial charge in [-0.1, -0.05) is 26.0 Å². The van der Waals surface area contributed by atoms with Gasteiger partial charge in [-0.15, -0.1) is 0 Å². The van der Waals surface area contributed by atoms with Crippen molar-refractivity contribution in [2.75, 3.05) is 0 Å². The summed E-state index contributed by atoms with van der Waals surface area (Å²) in [5, 5.41) is 13.3. The Hall–Kier alpha value is -1.68. The highest BCUT2D eigenvalue weighted by Gasteiger charge is 2.14. The zero-order valence-electron chi connectivity index (χ0n) is 9.89. The minimum Gasteiger partial charge on any atom is -0.390 e. The lowest BCUT2D eigenvalue weighted by Gasteiger charge is -2.10. The van der Waals surface area contributed by atoms with E-state index < -0.39 is 0 Å². The third-order valence-electron chi connectivity index (χ3n) is 2.62. The van der Waals surface area contributed by atoms with Crippen LogP contribution in [0.15, 0.2) is 30.3 Å². The van der Waals surface area contributed by atoms with Gasteiger partial charge in [0.1, 0.15) is 11.5 Å². The van der Waals surface area contributed by atoms with Gasteiger partial charge >= 0.3 is 0 Å². The molecule has 0 atom stereocenters. The van der Waals surface area contributed by atoms with Gasteiger partial charge < -0.3 is 5.11 Å². The molecular formula is C13H15FN2O. The summed E-state index contributed by atoms with van der Waals surface area (Å²) in [5.74, 6) is -0.107. The molecule has 0 aliphatic rings. The number of hydrogen-bond acceptors (Lipinski definition) is 2. The van der Waals surface area contributed by atoms with Gasteiger partial charge in [-0.2, -0.15) is 5.10 Å². The maximum absolute atomic E-state index is 13.7. The van der Waals surface area contributed by atoms with E-state index in [-0.39, 0.29) is 18.3 Å². The topological polar surface area (TPSA) is 38.1 Å². The van der Waals surface area contributed by atoms with Crippen molar-refractivity contribution in [1.82, 2.24) is 9.78 Å². The van der Waals surface area contributed by atoms with E-state index >= 15 is 0 Å². The number of para-hydroxylation sites is 1. The van der Waals surface area contributed by atoms with E-state index in [9.17, 15) is 4.39 Å². The molecule has 17 heavy (non-hydrogen) atoms. The summed E-state index contributed by atoms with van der Waals surface area (Å²) in [6.45, 7) is 3.88. The Balaban J connectivity index is 2.58. The molecule has 1 aromatic heterocycles. The molecule has 1 N–H and O–H groups in total. The third-order valence-corrected chi connectivity index (χ3v) is 2.62. The maximum atomic E-state index is 13.7.